The van der Waals surface area contributed by atoms with Gasteiger partial charge in [0.25, 0.3) is 0 Å². The van der Waals surface area contributed by atoms with Crippen LogP contribution < -0.4 is 5.32 Å². The second-order valence-corrected chi connectivity index (χ2v) is 17.8. The number of unbranched alkanes of at least 4 members (excludes halogenated alkanes) is 12. The molecule has 0 aromatic carbocycles. The van der Waals surface area contributed by atoms with E-state index >= 15 is 0 Å². The highest BCUT2D eigenvalue weighted by molar-refractivity contribution is 7.47. The molecule has 1 rings (SSSR count). The van der Waals surface area contributed by atoms with E-state index < -0.39 is 92.2 Å². The maximum absolute atomic E-state index is 12.7. The summed E-state index contributed by atoms with van der Waals surface area (Å²) in [6, 6.07) is 2.41. The zero-order valence-electron chi connectivity index (χ0n) is 35.9. The van der Waals surface area contributed by atoms with Crippen LogP contribution in [0.25, 0.3) is 0 Å². The van der Waals surface area contributed by atoms with Crippen molar-refractivity contribution < 1.29 is 109 Å². The van der Waals surface area contributed by atoms with Crippen molar-refractivity contribution in [3.63, 3.8) is 0 Å². The van der Waals surface area contributed by atoms with E-state index in [0.717, 1.165) is 32.1 Å². The lowest BCUT2D eigenvalue weighted by molar-refractivity contribution is -0.213. The summed E-state index contributed by atoms with van der Waals surface area (Å²) in [5, 5.41) is 42.6. The zero-order valence-corrected chi connectivity index (χ0v) is 38.6. The van der Waals surface area contributed by atoms with E-state index in [1.54, 1.807) is 0 Å². The predicted molar refractivity (Wildman–Crippen MR) is 248 cm³/mol. The van der Waals surface area contributed by atoms with Crippen molar-refractivity contribution in [2.45, 2.75) is 159 Å². The average molecular weight is 988 g/mol. The number of carbonyl (C=O) groups excluding carboxylic acids is 2. The normalized spacial score (nSPS) is 20.5. The summed E-state index contributed by atoms with van der Waals surface area (Å²) in [7, 11) is -16.4. The number of carbonyl (C=O) groups is 2. The van der Waals surface area contributed by atoms with Crippen LogP contribution in [0.5, 0.6) is 0 Å². The van der Waals surface area contributed by atoms with Crippen molar-refractivity contribution in [3.8, 4) is 59.8 Å². The van der Waals surface area contributed by atoms with Crippen LogP contribution in [0.1, 0.15) is 129 Å². The van der Waals surface area contributed by atoms with Gasteiger partial charge in [-0.25, -0.2) is 13.7 Å². The third-order valence-corrected chi connectivity index (χ3v) is 10.6. The highest BCUT2D eigenvalue weighted by Crippen LogP contribution is 2.51. The quantitative estimate of drug-likeness (QED) is 0.0122. The number of esters is 1. The summed E-state index contributed by atoms with van der Waals surface area (Å²) < 4.78 is 63.4. The standard InChI is InChI=1S/C26H53O19P3.C14H9NO.9H2/c1-2-3-4-5-6-7-8-9-10-11-12-13-14-15-20(28)42-19(16-40-18-27)17-41-48(38,39)45-24-21(29)22(30)25(43-46(32,33)34)26(23(24)31)44-47(35,36)37;1-3-5-6-7-8-9-10-11-13-15-14(16)12-4-2;;;;;;;;;/h19,21-27,29-31H,2-18H2,1H3,(H,38,39)(H2,32,33,34)(H2,35,36,37);1H,4,12H2,2H3,(H,15,16);9*1H/t19-,21+,22?,23?,24?,25-,26+;;;;;;;;;;/m1........../s1. The summed E-state index contributed by atoms with van der Waals surface area (Å²) in [5.41, 5.74) is 0. The van der Waals surface area contributed by atoms with Gasteiger partial charge in [0, 0.05) is 55.4 Å². The lowest BCUT2D eigenvalue weighted by atomic mass is 9.85. The van der Waals surface area contributed by atoms with Crippen molar-refractivity contribution >= 4 is 35.3 Å². The van der Waals surface area contributed by atoms with Crippen molar-refractivity contribution in [2.75, 3.05) is 20.0 Å². The van der Waals surface area contributed by atoms with Crippen molar-refractivity contribution in [2.24, 2.45) is 0 Å². The number of aliphatic hydroxyl groups is 4. The minimum Gasteiger partial charge on any atom is -0.457 e. The summed E-state index contributed by atoms with van der Waals surface area (Å²) >= 11 is 0. The summed E-state index contributed by atoms with van der Waals surface area (Å²) in [5.74, 6) is 18.2. The summed E-state index contributed by atoms with van der Waals surface area (Å²) in [6.45, 7) is 1.97. The third-order valence-electron chi connectivity index (χ3n) is 8.58. The molecule has 0 bridgehead atoms. The van der Waals surface area contributed by atoms with Gasteiger partial charge in [-0.15, -0.1) is 6.42 Å². The Kier molecular flexibility index (Phi) is 33.4. The first-order chi connectivity index (χ1) is 30.2. The molecule has 0 heterocycles. The van der Waals surface area contributed by atoms with Gasteiger partial charge in [-0.1, -0.05) is 90.9 Å². The van der Waals surface area contributed by atoms with Crippen LogP contribution in [0.4, 0.5) is 0 Å². The minimum atomic E-state index is -5.56. The summed E-state index contributed by atoms with van der Waals surface area (Å²) in [4.78, 5) is 70.0. The molecule has 1 aliphatic rings. The number of terminal acetylenes is 1. The number of ether oxygens (including phenoxy) is 2. The Morgan fingerprint density at radius 2 is 1.09 bits per heavy atom. The average Bonchev–Trinajstić information content (AvgIpc) is 3.21. The fourth-order valence-electron chi connectivity index (χ4n) is 5.66. The first-order valence-corrected chi connectivity index (χ1v) is 25.1. The van der Waals surface area contributed by atoms with Crippen LogP contribution in [0.2, 0.25) is 0 Å². The molecule has 0 saturated heterocycles. The maximum Gasteiger partial charge on any atom is 0.472 e. The van der Waals surface area contributed by atoms with E-state index in [1.807, 2.05) is 6.92 Å². The molecule has 10 N–H and O–H groups in total. The zero-order chi connectivity index (χ0) is 48.4. The Balaban J connectivity index is -0.000000172. The van der Waals surface area contributed by atoms with Gasteiger partial charge in [-0.2, -0.15) is 0 Å². The molecule has 24 heteroatoms. The molecule has 8 atom stereocenters. The number of rotatable bonds is 29. The van der Waals surface area contributed by atoms with Gasteiger partial charge in [0.2, 0.25) is 5.91 Å². The van der Waals surface area contributed by atoms with Gasteiger partial charge in [0.05, 0.1) is 13.2 Å². The Labute approximate surface area is 388 Å². The molecule has 21 nitrogen and oxygen atoms in total. The number of phosphoric ester groups is 3. The van der Waals surface area contributed by atoms with Crippen LogP contribution >= 0.6 is 23.5 Å². The number of aliphatic hydroxyl groups excluding tert-OH is 4. The number of amides is 1. The van der Waals surface area contributed by atoms with E-state index in [-0.39, 0.29) is 25.2 Å². The molecule has 4 unspecified atom stereocenters. The van der Waals surface area contributed by atoms with Crippen molar-refractivity contribution in [1.82, 2.24) is 5.32 Å². The molecule has 64 heavy (non-hydrogen) atoms. The molecule has 0 radical (unpaired) electrons. The largest absolute Gasteiger partial charge is 0.472 e. The molecule has 1 amide bonds. The number of hydrogen-bond acceptors (Lipinski definition) is 15. The van der Waals surface area contributed by atoms with Crippen LogP contribution in [-0.2, 0) is 50.9 Å². The predicted octanol–water partition coefficient (Wildman–Crippen LogP) is 4.62. The number of nitrogens with one attached hydrogen (secondary N) is 1. The second kappa shape index (κ2) is 35.1. The van der Waals surface area contributed by atoms with Gasteiger partial charge in [0.15, 0.2) is 0 Å². The molecule has 0 aliphatic heterocycles. The Hall–Kier alpha value is -3.13. The Morgan fingerprint density at radius 3 is 1.58 bits per heavy atom. The van der Waals surface area contributed by atoms with E-state index in [1.165, 1.54) is 51.4 Å². The monoisotopic (exact) mass is 987 g/mol. The lowest BCUT2D eigenvalue weighted by Crippen LogP contribution is -2.65. The van der Waals surface area contributed by atoms with Crippen LogP contribution in [-0.4, -0.2) is 120 Å². The van der Waals surface area contributed by atoms with E-state index in [2.05, 4.69) is 74.7 Å². The Bertz CT molecular complexity index is 1860. The molecule has 0 aromatic heterocycles. The fourth-order valence-corrected chi connectivity index (χ4v) is 7.76. The molecular formula is C40H80NO20P3. The summed E-state index contributed by atoms with van der Waals surface area (Å²) in [6.07, 6.45) is 4.44. The first-order valence-electron chi connectivity index (χ1n) is 20.5. The minimum absolute atomic E-state index is 0. The molecule has 380 valence electrons. The topological polar surface area (TPSA) is 335 Å². The number of hydrogen-bond donors (Lipinski definition) is 10. The molecule has 1 fully saturated rings. The van der Waals surface area contributed by atoms with Crippen molar-refractivity contribution in [3.05, 3.63) is 0 Å². The van der Waals surface area contributed by atoms with Gasteiger partial charge >= 0.3 is 29.4 Å². The van der Waals surface area contributed by atoms with E-state index in [0.29, 0.717) is 12.8 Å². The van der Waals surface area contributed by atoms with Gasteiger partial charge in [-0.05, 0) is 36.5 Å². The smallest absolute Gasteiger partial charge is 0.457 e. The highest BCUT2D eigenvalue weighted by Gasteiger charge is 2.56. The van der Waals surface area contributed by atoms with Gasteiger partial charge in [-0.3, -0.25) is 33.0 Å². The SMILES string of the molecule is C#CC#CC#CC#CC#CNC(=O)CCC.CCCCCCCCCCCCCCCC(=O)O[C@H](COCO)COP(=O)(O)OC1C(O)[C@H](OP(=O)(O)O)[C@H](OP(=O)(O)O)C(O)[C@@H]1O.[HH].[HH].[HH].[HH].[HH].[HH].[HH].[HH].[HH]. The lowest BCUT2D eigenvalue weighted by Gasteiger charge is -2.44. The molecule has 1 aliphatic carbocycles. The molecule has 0 aromatic rings. The van der Waals surface area contributed by atoms with Crippen LogP contribution in [0.15, 0.2) is 0 Å². The molecular weight excluding hydrogens is 907 g/mol. The van der Waals surface area contributed by atoms with Crippen LogP contribution in [0, 0.1) is 59.8 Å². The van der Waals surface area contributed by atoms with Gasteiger partial charge in [0.1, 0.15) is 49.5 Å². The number of phosphoric acid groups is 3. The first kappa shape index (κ1) is 60.9. The fraction of sp³-hybridized carbons (Fsp3) is 0.700. The highest BCUT2D eigenvalue weighted by atomic mass is 31.2. The van der Waals surface area contributed by atoms with Crippen LogP contribution in [0.3, 0.4) is 0 Å². The van der Waals surface area contributed by atoms with E-state index in [9.17, 15) is 43.5 Å². The Morgan fingerprint density at radius 1 is 0.625 bits per heavy atom. The van der Waals surface area contributed by atoms with Crippen molar-refractivity contribution in [1.29, 1.82) is 0 Å². The molecule has 1 saturated carbocycles. The van der Waals surface area contributed by atoms with E-state index in [4.69, 9.17) is 49.6 Å². The molecule has 0 spiro atoms. The maximum atomic E-state index is 12.7. The third kappa shape index (κ3) is 31.7. The van der Waals surface area contributed by atoms with Gasteiger partial charge < -0.3 is 54.4 Å². The second-order valence-electron chi connectivity index (χ2n) is 14.0.